The zero-order valence-corrected chi connectivity index (χ0v) is 12.8. The van der Waals surface area contributed by atoms with Crippen molar-refractivity contribution in [2.75, 3.05) is 11.5 Å². The molecule has 0 atom stereocenters. The molecule has 5 heteroatoms. The predicted molar refractivity (Wildman–Crippen MR) is 85.5 cm³/mol. The summed E-state index contributed by atoms with van der Waals surface area (Å²) in [5.74, 6) is -1.57. The predicted octanol–water partition coefficient (Wildman–Crippen LogP) is 3.35. The number of carbonyl (C=O) groups is 3. The van der Waals surface area contributed by atoms with Crippen molar-refractivity contribution in [1.29, 1.82) is 0 Å². The molecular formula is C18H15NO4. The van der Waals surface area contributed by atoms with E-state index >= 15 is 0 Å². The Hall–Kier alpha value is -2.95. The van der Waals surface area contributed by atoms with Gasteiger partial charge in [0, 0.05) is 0 Å². The molecule has 116 valence electrons. The molecule has 1 heterocycles. The van der Waals surface area contributed by atoms with E-state index in [4.69, 9.17) is 4.74 Å². The van der Waals surface area contributed by atoms with Crippen LogP contribution in [0.15, 0.2) is 42.5 Å². The fourth-order valence-corrected chi connectivity index (χ4v) is 2.61. The van der Waals surface area contributed by atoms with Crippen LogP contribution in [0, 0.1) is 6.92 Å². The molecule has 0 aromatic heterocycles. The van der Waals surface area contributed by atoms with Crippen LogP contribution in [0.2, 0.25) is 0 Å². The van der Waals surface area contributed by atoms with Crippen molar-refractivity contribution in [2.45, 2.75) is 13.8 Å². The minimum atomic E-state index is -0.875. The fraction of sp³-hybridized carbons (Fsp3) is 0.167. The Kier molecular flexibility index (Phi) is 3.70. The zero-order valence-electron chi connectivity index (χ0n) is 12.8. The molecule has 1 aliphatic heterocycles. The minimum Gasteiger partial charge on any atom is -0.449 e. The van der Waals surface area contributed by atoms with E-state index in [9.17, 15) is 14.4 Å². The van der Waals surface area contributed by atoms with Crippen molar-refractivity contribution >= 4 is 23.5 Å². The summed E-state index contributed by atoms with van der Waals surface area (Å²) in [7, 11) is 0. The third-order valence-corrected chi connectivity index (χ3v) is 3.68. The Morgan fingerprint density at radius 1 is 1.09 bits per heavy atom. The van der Waals surface area contributed by atoms with E-state index in [1.165, 1.54) is 0 Å². The average Bonchev–Trinajstić information content (AvgIpc) is 2.79. The Balaban J connectivity index is 2.06. The van der Waals surface area contributed by atoms with Gasteiger partial charge >= 0.3 is 12.0 Å². The van der Waals surface area contributed by atoms with Crippen LogP contribution in [-0.2, 0) is 9.53 Å². The summed E-state index contributed by atoms with van der Waals surface area (Å²) < 4.78 is 4.85. The van der Waals surface area contributed by atoms with Gasteiger partial charge in [0.1, 0.15) is 0 Å². The number of hydrogen-bond donors (Lipinski definition) is 0. The first-order valence-corrected chi connectivity index (χ1v) is 7.29. The van der Waals surface area contributed by atoms with Crippen molar-refractivity contribution < 1.29 is 19.1 Å². The number of benzene rings is 2. The molecule has 23 heavy (non-hydrogen) atoms. The molecule has 5 nitrogen and oxygen atoms in total. The van der Waals surface area contributed by atoms with Gasteiger partial charge in [0.15, 0.2) is 0 Å². The third kappa shape index (κ3) is 2.50. The van der Waals surface area contributed by atoms with Gasteiger partial charge in [0.05, 0.1) is 17.9 Å². The van der Waals surface area contributed by atoms with Gasteiger partial charge in [-0.3, -0.25) is 9.59 Å². The lowest BCUT2D eigenvalue weighted by Crippen LogP contribution is -2.36. The zero-order chi connectivity index (χ0) is 16.6. The van der Waals surface area contributed by atoms with E-state index in [0.29, 0.717) is 0 Å². The van der Waals surface area contributed by atoms with Gasteiger partial charge in [-0.25, -0.2) is 9.69 Å². The standard InChI is InChI=1S/C18H15NO4/c1-3-23-18(22)19-15-8-7-13(10-14(15)16(20)17(19)21)12-6-4-5-11(2)9-12/h4-10H,3H2,1-2H3. The van der Waals surface area contributed by atoms with Gasteiger partial charge in [0.2, 0.25) is 0 Å². The highest BCUT2D eigenvalue weighted by atomic mass is 16.6. The summed E-state index contributed by atoms with van der Waals surface area (Å²) in [5.41, 5.74) is 3.36. The van der Waals surface area contributed by atoms with Crippen LogP contribution >= 0.6 is 0 Å². The van der Waals surface area contributed by atoms with Crippen molar-refractivity contribution in [2.24, 2.45) is 0 Å². The third-order valence-electron chi connectivity index (χ3n) is 3.68. The maximum atomic E-state index is 12.2. The maximum Gasteiger partial charge on any atom is 0.421 e. The Labute approximate surface area is 133 Å². The summed E-state index contributed by atoms with van der Waals surface area (Å²) >= 11 is 0. The molecule has 2 amide bonds. The lowest BCUT2D eigenvalue weighted by atomic mass is 10.00. The smallest absolute Gasteiger partial charge is 0.421 e. The Morgan fingerprint density at radius 3 is 2.52 bits per heavy atom. The highest BCUT2D eigenvalue weighted by Crippen LogP contribution is 2.33. The molecule has 0 saturated carbocycles. The average molecular weight is 309 g/mol. The van der Waals surface area contributed by atoms with E-state index in [-0.39, 0.29) is 17.9 Å². The molecule has 0 bridgehead atoms. The second-order valence-electron chi connectivity index (χ2n) is 5.27. The van der Waals surface area contributed by atoms with Gasteiger partial charge in [-0.15, -0.1) is 0 Å². The number of aryl methyl sites for hydroxylation is 1. The molecule has 0 N–H and O–H groups in total. The summed E-state index contributed by atoms with van der Waals surface area (Å²) in [5, 5.41) is 0. The molecule has 0 aliphatic carbocycles. The van der Waals surface area contributed by atoms with E-state index in [0.717, 1.165) is 21.6 Å². The van der Waals surface area contributed by atoms with Crippen LogP contribution in [0.5, 0.6) is 0 Å². The summed E-state index contributed by atoms with van der Waals surface area (Å²) in [6, 6.07) is 12.9. The summed E-state index contributed by atoms with van der Waals surface area (Å²) in [6.07, 6.45) is -0.826. The Bertz CT molecular complexity index is 826. The van der Waals surface area contributed by atoms with E-state index in [2.05, 4.69) is 0 Å². The molecule has 2 aromatic carbocycles. The molecular weight excluding hydrogens is 294 g/mol. The number of imide groups is 1. The minimum absolute atomic E-state index is 0.132. The van der Waals surface area contributed by atoms with Gasteiger partial charge in [-0.1, -0.05) is 35.9 Å². The number of ketones is 1. The highest BCUT2D eigenvalue weighted by molar-refractivity contribution is 6.56. The SMILES string of the molecule is CCOC(=O)N1C(=O)C(=O)c2cc(-c3cccc(C)c3)ccc21. The van der Waals surface area contributed by atoms with Crippen LogP contribution in [0.3, 0.4) is 0 Å². The van der Waals surface area contributed by atoms with Crippen molar-refractivity contribution in [3.05, 3.63) is 53.6 Å². The van der Waals surface area contributed by atoms with Crippen molar-refractivity contribution in [3.63, 3.8) is 0 Å². The second kappa shape index (κ2) is 5.68. The van der Waals surface area contributed by atoms with Crippen molar-refractivity contribution in [1.82, 2.24) is 0 Å². The number of fused-ring (bicyclic) bond motifs is 1. The molecule has 0 unspecified atom stereocenters. The first kappa shape index (κ1) is 15.0. The molecule has 1 aliphatic rings. The van der Waals surface area contributed by atoms with E-state index < -0.39 is 17.8 Å². The molecule has 0 fully saturated rings. The Morgan fingerprint density at radius 2 is 1.83 bits per heavy atom. The number of anilines is 1. The monoisotopic (exact) mass is 309 g/mol. The van der Waals surface area contributed by atoms with E-state index in [1.54, 1.807) is 25.1 Å². The number of Topliss-reactive ketones (excluding diaryl/α,β-unsaturated/α-hetero) is 1. The number of ether oxygens (including phenoxy) is 1. The highest BCUT2D eigenvalue weighted by Gasteiger charge is 2.40. The van der Waals surface area contributed by atoms with Crippen LogP contribution in [0.25, 0.3) is 11.1 Å². The molecule has 0 saturated heterocycles. The first-order valence-electron chi connectivity index (χ1n) is 7.29. The molecule has 0 spiro atoms. The van der Waals surface area contributed by atoms with Crippen LogP contribution in [0.4, 0.5) is 10.5 Å². The summed E-state index contributed by atoms with van der Waals surface area (Å²) in [6.45, 7) is 3.75. The first-order chi connectivity index (χ1) is 11.0. The summed E-state index contributed by atoms with van der Waals surface area (Å²) in [4.78, 5) is 36.9. The van der Waals surface area contributed by atoms with Crippen LogP contribution in [-0.4, -0.2) is 24.4 Å². The van der Waals surface area contributed by atoms with Gasteiger partial charge in [-0.05, 0) is 37.1 Å². The maximum absolute atomic E-state index is 12.2. The normalized spacial score (nSPS) is 13.2. The van der Waals surface area contributed by atoms with Gasteiger partial charge in [-0.2, -0.15) is 0 Å². The lowest BCUT2D eigenvalue weighted by molar-refractivity contribution is -0.113. The van der Waals surface area contributed by atoms with Gasteiger partial charge in [0.25, 0.3) is 5.78 Å². The second-order valence-corrected chi connectivity index (χ2v) is 5.27. The lowest BCUT2D eigenvalue weighted by Gasteiger charge is -2.14. The van der Waals surface area contributed by atoms with Crippen LogP contribution < -0.4 is 4.90 Å². The van der Waals surface area contributed by atoms with Gasteiger partial charge < -0.3 is 4.74 Å². The number of carbonyl (C=O) groups excluding carboxylic acids is 3. The topological polar surface area (TPSA) is 63.7 Å². The molecule has 3 rings (SSSR count). The quantitative estimate of drug-likeness (QED) is 0.798. The number of rotatable bonds is 2. The number of nitrogens with zero attached hydrogens (tertiary/aromatic N) is 1. The number of amides is 2. The number of hydrogen-bond acceptors (Lipinski definition) is 4. The molecule has 0 radical (unpaired) electrons. The van der Waals surface area contributed by atoms with Crippen molar-refractivity contribution in [3.8, 4) is 11.1 Å². The van der Waals surface area contributed by atoms with Crippen LogP contribution in [0.1, 0.15) is 22.8 Å². The van der Waals surface area contributed by atoms with E-state index in [1.807, 2.05) is 31.2 Å². The molecule has 2 aromatic rings. The fourth-order valence-electron chi connectivity index (χ4n) is 2.61. The largest absolute Gasteiger partial charge is 0.449 e.